The Morgan fingerprint density at radius 1 is 1.40 bits per heavy atom. The van der Waals surface area contributed by atoms with Crippen molar-refractivity contribution in [1.82, 2.24) is 15.3 Å². The Morgan fingerprint density at radius 3 is 2.67 bits per heavy atom. The highest BCUT2D eigenvalue weighted by molar-refractivity contribution is 9.10. The van der Waals surface area contributed by atoms with E-state index in [4.69, 9.17) is 0 Å². The molecule has 0 aliphatic carbocycles. The summed E-state index contributed by atoms with van der Waals surface area (Å²) in [5, 5.41) is 5.27. The van der Waals surface area contributed by atoms with Crippen molar-refractivity contribution in [3.63, 3.8) is 0 Å². The number of nitrogens with zero attached hydrogens (tertiary/aromatic N) is 2. The molecule has 5 heteroatoms. The minimum atomic E-state index is 0.0561. The Bertz CT molecular complexity index is 429. The predicted molar refractivity (Wildman–Crippen MR) is 65.0 cm³/mol. The van der Waals surface area contributed by atoms with Gasteiger partial charge in [0.1, 0.15) is 11.9 Å². The number of hydrogen-bond acceptors (Lipinski definition) is 4. The van der Waals surface area contributed by atoms with Crippen LogP contribution in [0.15, 0.2) is 34.4 Å². The molecule has 2 rings (SSSR count). The third-order valence-corrected chi connectivity index (χ3v) is 3.98. The summed E-state index contributed by atoms with van der Waals surface area (Å²) in [4.78, 5) is 9.72. The van der Waals surface area contributed by atoms with Gasteiger partial charge >= 0.3 is 0 Å². The van der Waals surface area contributed by atoms with Gasteiger partial charge in [-0.3, -0.25) is 0 Å². The normalized spacial score (nSPS) is 12.7. The lowest BCUT2D eigenvalue weighted by molar-refractivity contribution is 0.654. The van der Waals surface area contributed by atoms with E-state index in [1.54, 1.807) is 23.7 Å². The van der Waals surface area contributed by atoms with Crippen LogP contribution in [0.4, 0.5) is 0 Å². The van der Waals surface area contributed by atoms with Gasteiger partial charge in [-0.05, 0) is 40.5 Å². The van der Waals surface area contributed by atoms with Gasteiger partial charge in [-0.15, -0.1) is 11.3 Å². The van der Waals surface area contributed by atoms with E-state index in [0.29, 0.717) is 0 Å². The molecule has 0 aliphatic rings. The summed E-state index contributed by atoms with van der Waals surface area (Å²) >= 11 is 5.21. The molecule has 0 spiro atoms. The Morgan fingerprint density at radius 2 is 2.13 bits per heavy atom. The third kappa shape index (κ3) is 2.25. The zero-order chi connectivity index (χ0) is 10.7. The van der Waals surface area contributed by atoms with E-state index in [2.05, 4.69) is 31.2 Å². The first kappa shape index (κ1) is 10.7. The lowest BCUT2D eigenvalue weighted by Gasteiger charge is -2.13. The maximum absolute atomic E-state index is 4.26. The lowest BCUT2D eigenvalue weighted by atomic mass is 10.2. The van der Waals surface area contributed by atoms with Crippen molar-refractivity contribution in [2.24, 2.45) is 0 Å². The largest absolute Gasteiger partial charge is 0.306 e. The number of nitrogens with one attached hydrogen (secondary N) is 1. The highest BCUT2D eigenvalue weighted by Crippen LogP contribution is 2.31. The standard InChI is InChI=1S/C10H10BrN3S/c1-12-8(9-7(11)3-6-15-9)10-13-4-2-5-14-10/h2-6,8,12H,1H3. The molecule has 1 N–H and O–H groups in total. The molecule has 1 atom stereocenters. The van der Waals surface area contributed by atoms with Crippen LogP contribution in [0.5, 0.6) is 0 Å². The summed E-state index contributed by atoms with van der Waals surface area (Å²) in [5.74, 6) is 0.795. The van der Waals surface area contributed by atoms with Crippen LogP contribution < -0.4 is 5.32 Å². The van der Waals surface area contributed by atoms with E-state index in [1.165, 1.54) is 4.88 Å². The van der Waals surface area contributed by atoms with E-state index in [0.717, 1.165) is 10.3 Å². The highest BCUT2D eigenvalue weighted by Gasteiger charge is 2.18. The van der Waals surface area contributed by atoms with Crippen molar-refractivity contribution in [2.45, 2.75) is 6.04 Å². The second-order valence-electron chi connectivity index (χ2n) is 2.96. The Labute approximate surface area is 101 Å². The van der Waals surface area contributed by atoms with Crippen LogP contribution in [-0.2, 0) is 0 Å². The van der Waals surface area contributed by atoms with E-state index in [9.17, 15) is 0 Å². The maximum Gasteiger partial charge on any atom is 0.150 e. The molecule has 2 heterocycles. The first-order chi connectivity index (χ1) is 7.33. The number of thiophene rings is 1. The topological polar surface area (TPSA) is 37.8 Å². The third-order valence-electron chi connectivity index (χ3n) is 2.04. The van der Waals surface area contributed by atoms with Gasteiger partial charge in [0.05, 0.1) is 0 Å². The zero-order valence-corrected chi connectivity index (χ0v) is 10.5. The van der Waals surface area contributed by atoms with Gasteiger partial charge in [0.2, 0.25) is 0 Å². The molecule has 0 aliphatic heterocycles. The number of hydrogen-bond donors (Lipinski definition) is 1. The molecule has 2 aromatic rings. The number of rotatable bonds is 3. The van der Waals surface area contributed by atoms with Crippen molar-refractivity contribution in [2.75, 3.05) is 7.05 Å². The van der Waals surface area contributed by atoms with Crippen LogP contribution >= 0.6 is 27.3 Å². The molecule has 15 heavy (non-hydrogen) atoms. The molecular weight excluding hydrogens is 274 g/mol. The molecule has 3 nitrogen and oxygen atoms in total. The summed E-state index contributed by atoms with van der Waals surface area (Å²) in [5.41, 5.74) is 0. The molecule has 0 aromatic carbocycles. The monoisotopic (exact) mass is 283 g/mol. The second-order valence-corrected chi connectivity index (χ2v) is 4.76. The first-order valence-electron chi connectivity index (χ1n) is 4.50. The molecular formula is C10H10BrN3S. The quantitative estimate of drug-likeness (QED) is 0.941. The Balaban J connectivity index is 2.37. The van der Waals surface area contributed by atoms with E-state index in [-0.39, 0.29) is 6.04 Å². The average Bonchev–Trinajstić information content (AvgIpc) is 2.68. The summed E-state index contributed by atoms with van der Waals surface area (Å²) in [6.07, 6.45) is 3.52. The van der Waals surface area contributed by atoms with Crippen LogP contribution in [-0.4, -0.2) is 17.0 Å². The summed E-state index contributed by atoms with van der Waals surface area (Å²) < 4.78 is 1.10. The molecule has 0 saturated carbocycles. The van der Waals surface area contributed by atoms with Gasteiger partial charge in [-0.2, -0.15) is 0 Å². The van der Waals surface area contributed by atoms with Crippen LogP contribution in [0.3, 0.4) is 0 Å². The minimum absolute atomic E-state index is 0.0561. The van der Waals surface area contributed by atoms with Gasteiger partial charge in [0, 0.05) is 21.7 Å². The van der Waals surface area contributed by atoms with Gasteiger partial charge in [-0.1, -0.05) is 0 Å². The van der Waals surface area contributed by atoms with E-state index < -0.39 is 0 Å². The lowest BCUT2D eigenvalue weighted by Crippen LogP contribution is -2.19. The van der Waals surface area contributed by atoms with Crippen LogP contribution in [0.2, 0.25) is 0 Å². The summed E-state index contributed by atoms with van der Waals surface area (Å²) in [6, 6.07) is 3.91. The van der Waals surface area contributed by atoms with Gasteiger partial charge < -0.3 is 5.32 Å². The van der Waals surface area contributed by atoms with Crippen molar-refractivity contribution < 1.29 is 0 Å². The Kier molecular flexibility index (Phi) is 3.45. The Hall–Kier alpha value is -0.780. The van der Waals surface area contributed by atoms with E-state index in [1.807, 2.05) is 24.6 Å². The van der Waals surface area contributed by atoms with Crippen LogP contribution in [0.25, 0.3) is 0 Å². The van der Waals surface area contributed by atoms with Gasteiger partial charge in [0.15, 0.2) is 0 Å². The van der Waals surface area contributed by atoms with Gasteiger partial charge in [0.25, 0.3) is 0 Å². The molecule has 1 unspecified atom stereocenters. The number of halogens is 1. The zero-order valence-electron chi connectivity index (χ0n) is 8.14. The van der Waals surface area contributed by atoms with Crippen molar-refractivity contribution in [1.29, 1.82) is 0 Å². The summed E-state index contributed by atoms with van der Waals surface area (Å²) in [7, 11) is 1.91. The second kappa shape index (κ2) is 4.83. The number of aromatic nitrogens is 2. The maximum atomic E-state index is 4.26. The molecule has 0 fully saturated rings. The first-order valence-corrected chi connectivity index (χ1v) is 6.17. The van der Waals surface area contributed by atoms with Crippen LogP contribution in [0, 0.1) is 0 Å². The van der Waals surface area contributed by atoms with Crippen LogP contribution in [0.1, 0.15) is 16.7 Å². The molecule has 0 bridgehead atoms. The fraction of sp³-hybridized carbons (Fsp3) is 0.200. The van der Waals surface area contributed by atoms with E-state index >= 15 is 0 Å². The summed E-state index contributed by atoms with van der Waals surface area (Å²) in [6.45, 7) is 0. The molecule has 78 valence electrons. The fourth-order valence-corrected chi connectivity index (χ4v) is 3.06. The van der Waals surface area contributed by atoms with Crippen molar-refractivity contribution >= 4 is 27.3 Å². The molecule has 0 amide bonds. The SMILES string of the molecule is CNC(c1ncccn1)c1sccc1Br. The highest BCUT2D eigenvalue weighted by atomic mass is 79.9. The minimum Gasteiger partial charge on any atom is -0.306 e. The average molecular weight is 284 g/mol. The fourth-order valence-electron chi connectivity index (χ4n) is 1.35. The molecule has 0 saturated heterocycles. The smallest absolute Gasteiger partial charge is 0.150 e. The predicted octanol–water partition coefficient (Wildman–Crippen LogP) is 2.61. The van der Waals surface area contributed by atoms with Crippen molar-refractivity contribution in [3.05, 3.63) is 45.1 Å². The van der Waals surface area contributed by atoms with Crippen molar-refractivity contribution in [3.8, 4) is 0 Å². The van der Waals surface area contributed by atoms with Gasteiger partial charge in [-0.25, -0.2) is 9.97 Å². The molecule has 2 aromatic heterocycles. The molecule has 0 radical (unpaired) electrons.